The van der Waals surface area contributed by atoms with E-state index in [2.05, 4.69) is 10.3 Å². The maximum atomic E-state index is 12.1. The summed E-state index contributed by atoms with van der Waals surface area (Å²) in [6, 6.07) is 0.239. The molecule has 0 aliphatic carbocycles. The van der Waals surface area contributed by atoms with Gasteiger partial charge >= 0.3 is 0 Å². The predicted octanol–water partition coefficient (Wildman–Crippen LogP) is -0.146. The molecule has 1 aromatic heterocycles. The van der Waals surface area contributed by atoms with Gasteiger partial charge in [0.05, 0.1) is 0 Å². The summed E-state index contributed by atoms with van der Waals surface area (Å²) in [5.74, 6) is 0.542. The third-order valence-electron chi connectivity index (χ3n) is 2.77. The molecule has 82 valence electrons. The van der Waals surface area contributed by atoms with E-state index in [1.54, 1.807) is 17.0 Å². The van der Waals surface area contributed by atoms with Crippen molar-refractivity contribution >= 4 is 5.91 Å². The zero-order valence-corrected chi connectivity index (χ0v) is 9.10. The molecule has 0 spiro atoms. The molecular weight excluding hydrogens is 192 g/mol. The molecule has 0 aromatic carbocycles. The van der Waals surface area contributed by atoms with Gasteiger partial charge in [-0.3, -0.25) is 4.79 Å². The van der Waals surface area contributed by atoms with Crippen LogP contribution in [0.25, 0.3) is 0 Å². The minimum Gasteiger partial charge on any atom is -0.331 e. The second kappa shape index (κ2) is 4.02. The van der Waals surface area contributed by atoms with Crippen molar-refractivity contribution in [1.29, 1.82) is 0 Å². The van der Waals surface area contributed by atoms with Crippen molar-refractivity contribution in [3.63, 3.8) is 0 Å². The normalized spacial score (nSPS) is 21.7. The summed E-state index contributed by atoms with van der Waals surface area (Å²) in [6.07, 6.45) is 3.44. The summed E-state index contributed by atoms with van der Waals surface area (Å²) in [6.45, 7) is 4.52. The van der Waals surface area contributed by atoms with Crippen LogP contribution in [0.4, 0.5) is 0 Å². The van der Waals surface area contributed by atoms with Crippen LogP contribution in [0.2, 0.25) is 0 Å². The number of rotatable bonds is 1. The molecule has 1 aromatic rings. The zero-order chi connectivity index (χ0) is 10.8. The first-order valence-corrected chi connectivity index (χ1v) is 5.19. The van der Waals surface area contributed by atoms with Crippen molar-refractivity contribution < 1.29 is 4.79 Å². The Morgan fingerprint density at radius 3 is 3.07 bits per heavy atom. The summed E-state index contributed by atoms with van der Waals surface area (Å²) in [5.41, 5.74) is 0. The van der Waals surface area contributed by atoms with E-state index in [1.807, 2.05) is 18.9 Å². The number of nitrogens with one attached hydrogen (secondary N) is 1. The molecule has 0 unspecified atom stereocenters. The van der Waals surface area contributed by atoms with Gasteiger partial charge in [-0.1, -0.05) is 0 Å². The molecule has 1 aliphatic rings. The summed E-state index contributed by atoms with van der Waals surface area (Å²) in [5, 5.41) is 3.26. The zero-order valence-electron chi connectivity index (χ0n) is 9.10. The number of hydrogen-bond acceptors (Lipinski definition) is 3. The van der Waals surface area contributed by atoms with E-state index in [4.69, 9.17) is 0 Å². The van der Waals surface area contributed by atoms with Crippen LogP contribution in [-0.4, -0.2) is 46.0 Å². The first kappa shape index (κ1) is 10.2. The molecule has 0 radical (unpaired) electrons. The number of piperazine rings is 1. The molecule has 1 fully saturated rings. The predicted molar refractivity (Wildman–Crippen MR) is 56.6 cm³/mol. The lowest BCUT2D eigenvalue weighted by atomic mass is 10.2. The second-order valence-corrected chi connectivity index (χ2v) is 3.91. The Bertz CT molecular complexity index is 360. The maximum Gasteiger partial charge on any atom is 0.290 e. The third kappa shape index (κ3) is 1.87. The van der Waals surface area contributed by atoms with Gasteiger partial charge in [-0.05, 0) is 6.92 Å². The lowest BCUT2D eigenvalue weighted by Gasteiger charge is -2.33. The fourth-order valence-corrected chi connectivity index (χ4v) is 1.84. The van der Waals surface area contributed by atoms with Crippen molar-refractivity contribution in [3.05, 3.63) is 18.2 Å². The first-order chi connectivity index (χ1) is 7.20. The Labute approximate surface area is 89.1 Å². The molecule has 5 heteroatoms. The Balaban J connectivity index is 2.17. The standard InChI is InChI=1S/C10H16N4O/c1-8-7-11-3-6-14(8)10(15)9-12-4-5-13(9)2/h4-5,8,11H,3,6-7H2,1-2H3/t8-/m0/s1. The van der Waals surface area contributed by atoms with E-state index in [0.717, 1.165) is 19.6 Å². The monoisotopic (exact) mass is 208 g/mol. The molecule has 2 rings (SSSR count). The first-order valence-electron chi connectivity index (χ1n) is 5.19. The van der Waals surface area contributed by atoms with Crippen LogP contribution in [0.5, 0.6) is 0 Å². The number of imidazole rings is 1. The van der Waals surface area contributed by atoms with Gasteiger partial charge in [-0.2, -0.15) is 0 Å². The van der Waals surface area contributed by atoms with Gasteiger partial charge in [0.2, 0.25) is 0 Å². The van der Waals surface area contributed by atoms with Gasteiger partial charge in [-0.25, -0.2) is 4.98 Å². The molecule has 1 aliphatic heterocycles. The quantitative estimate of drug-likeness (QED) is 0.698. The van der Waals surface area contributed by atoms with E-state index in [-0.39, 0.29) is 11.9 Å². The van der Waals surface area contributed by atoms with Crippen LogP contribution in [0.1, 0.15) is 17.5 Å². The van der Waals surface area contributed by atoms with E-state index >= 15 is 0 Å². The van der Waals surface area contributed by atoms with Gasteiger partial charge in [0, 0.05) is 45.1 Å². The Morgan fingerprint density at radius 2 is 2.47 bits per heavy atom. The smallest absolute Gasteiger partial charge is 0.290 e. The largest absolute Gasteiger partial charge is 0.331 e. The molecule has 1 atom stereocenters. The number of hydrogen-bond donors (Lipinski definition) is 1. The number of carbonyl (C=O) groups is 1. The minimum absolute atomic E-state index is 0.0245. The number of amides is 1. The molecule has 5 nitrogen and oxygen atoms in total. The van der Waals surface area contributed by atoms with Crippen molar-refractivity contribution in [3.8, 4) is 0 Å². The van der Waals surface area contributed by atoms with Crippen molar-refractivity contribution in [2.24, 2.45) is 7.05 Å². The third-order valence-corrected chi connectivity index (χ3v) is 2.77. The van der Waals surface area contributed by atoms with Gasteiger partial charge in [-0.15, -0.1) is 0 Å². The highest BCUT2D eigenvalue weighted by Crippen LogP contribution is 2.08. The summed E-state index contributed by atoms with van der Waals surface area (Å²) < 4.78 is 1.76. The molecule has 0 saturated carbocycles. The molecule has 15 heavy (non-hydrogen) atoms. The van der Waals surface area contributed by atoms with Crippen LogP contribution in [0, 0.1) is 0 Å². The van der Waals surface area contributed by atoms with Crippen molar-refractivity contribution in [2.75, 3.05) is 19.6 Å². The average molecular weight is 208 g/mol. The number of aromatic nitrogens is 2. The highest BCUT2D eigenvalue weighted by molar-refractivity contribution is 5.91. The topological polar surface area (TPSA) is 50.2 Å². The van der Waals surface area contributed by atoms with E-state index in [0.29, 0.717) is 5.82 Å². The lowest BCUT2D eigenvalue weighted by molar-refractivity contribution is 0.0639. The Morgan fingerprint density at radius 1 is 1.67 bits per heavy atom. The van der Waals surface area contributed by atoms with E-state index < -0.39 is 0 Å². The molecule has 2 heterocycles. The molecule has 1 N–H and O–H groups in total. The minimum atomic E-state index is 0.0245. The highest BCUT2D eigenvalue weighted by atomic mass is 16.2. The number of carbonyl (C=O) groups excluding carboxylic acids is 1. The van der Waals surface area contributed by atoms with Crippen LogP contribution < -0.4 is 5.32 Å². The average Bonchev–Trinajstić information content (AvgIpc) is 2.64. The summed E-state index contributed by atoms with van der Waals surface area (Å²) in [7, 11) is 1.84. The highest BCUT2D eigenvalue weighted by Gasteiger charge is 2.26. The van der Waals surface area contributed by atoms with Crippen LogP contribution >= 0.6 is 0 Å². The Kier molecular flexibility index (Phi) is 2.73. The van der Waals surface area contributed by atoms with Gasteiger partial charge in [0.15, 0.2) is 5.82 Å². The molecule has 1 saturated heterocycles. The maximum absolute atomic E-state index is 12.1. The van der Waals surface area contributed by atoms with Gasteiger partial charge < -0.3 is 14.8 Å². The summed E-state index contributed by atoms with van der Waals surface area (Å²) in [4.78, 5) is 18.1. The fraction of sp³-hybridized carbons (Fsp3) is 0.600. The van der Waals surface area contributed by atoms with Gasteiger partial charge in [0.1, 0.15) is 0 Å². The van der Waals surface area contributed by atoms with Crippen LogP contribution in [0.15, 0.2) is 12.4 Å². The SMILES string of the molecule is C[C@H]1CNCCN1C(=O)c1nccn1C. The Hall–Kier alpha value is -1.36. The van der Waals surface area contributed by atoms with E-state index in [1.165, 1.54) is 0 Å². The molecular formula is C10H16N4O. The van der Waals surface area contributed by atoms with E-state index in [9.17, 15) is 4.79 Å². The summed E-state index contributed by atoms with van der Waals surface area (Å²) >= 11 is 0. The fourth-order valence-electron chi connectivity index (χ4n) is 1.84. The number of nitrogens with zero attached hydrogens (tertiary/aromatic N) is 3. The van der Waals surface area contributed by atoms with Gasteiger partial charge in [0.25, 0.3) is 5.91 Å². The van der Waals surface area contributed by atoms with Crippen LogP contribution in [-0.2, 0) is 7.05 Å². The molecule has 0 bridgehead atoms. The van der Waals surface area contributed by atoms with Crippen molar-refractivity contribution in [2.45, 2.75) is 13.0 Å². The second-order valence-electron chi connectivity index (χ2n) is 3.91. The molecule has 1 amide bonds. The lowest BCUT2D eigenvalue weighted by Crippen LogP contribution is -2.52. The van der Waals surface area contributed by atoms with Crippen LogP contribution in [0.3, 0.4) is 0 Å². The van der Waals surface area contributed by atoms with Crippen molar-refractivity contribution in [1.82, 2.24) is 19.8 Å². The number of aryl methyl sites for hydroxylation is 1.